The summed E-state index contributed by atoms with van der Waals surface area (Å²) < 4.78 is 8.64. The molecule has 120 valence electrons. The second kappa shape index (κ2) is 7.62. The lowest BCUT2D eigenvalue weighted by Gasteiger charge is -2.02. The van der Waals surface area contributed by atoms with E-state index in [0.717, 1.165) is 12.1 Å². The fraction of sp³-hybridized carbons (Fsp3) is 0.167. The number of aromatic hydroxyl groups is 1. The van der Waals surface area contributed by atoms with E-state index in [4.69, 9.17) is 4.74 Å². The van der Waals surface area contributed by atoms with Crippen LogP contribution in [0.3, 0.4) is 0 Å². The van der Waals surface area contributed by atoms with E-state index in [1.54, 1.807) is 24.5 Å². The van der Waals surface area contributed by atoms with Crippen LogP contribution in [0.2, 0.25) is 0 Å². The van der Waals surface area contributed by atoms with Gasteiger partial charge in [-0.3, -0.25) is 0 Å². The lowest BCUT2D eigenvalue weighted by Crippen LogP contribution is -3.00. The van der Waals surface area contributed by atoms with Crippen LogP contribution in [0.1, 0.15) is 17.5 Å². The van der Waals surface area contributed by atoms with Crippen LogP contribution in [0.4, 0.5) is 0 Å². The molecule has 0 saturated heterocycles. The molecule has 5 heteroatoms. The molecule has 2 aromatic carbocycles. The summed E-state index contributed by atoms with van der Waals surface area (Å²) in [6, 6.07) is 13.7. The number of fused-ring (bicyclic) bond motifs is 1. The molecule has 0 fully saturated rings. The standard InChI is InChI=1S/C18H17NO2S.BrH/c1-3-19-15-6-4-5-7-17(15)22-18(19)11-9-13-8-10-14(21-2)12-16(13)20;/h4-12H,3H2,1-2H3;1H. The molecule has 0 aliphatic heterocycles. The highest BCUT2D eigenvalue weighted by Gasteiger charge is 2.16. The summed E-state index contributed by atoms with van der Waals surface area (Å²) in [6.45, 7) is 3.06. The SMILES string of the molecule is CC[n+]1c(/C=C/c2ccc(OC)cc2O)sc2ccccc21.[Br-]. The van der Waals surface area contributed by atoms with Gasteiger partial charge in [-0.2, -0.15) is 4.57 Å². The zero-order valence-corrected chi connectivity index (χ0v) is 15.4. The maximum Gasteiger partial charge on any atom is 0.262 e. The van der Waals surface area contributed by atoms with E-state index in [-0.39, 0.29) is 22.7 Å². The number of para-hydroxylation sites is 1. The molecule has 23 heavy (non-hydrogen) atoms. The Bertz CT molecular complexity index is 842. The molecule has 0 aliphatic carbocycles. The first kappa shape index (κ1) is 17.5. The Labute approximate surface area is 150 Å². The Morgan fingerprint density at radius 3 is 2.65 bits per heavy atom. The van der Waals surface area contributed by atoms with Gasteiger partial charge >= 0.3 is 0 Å². The summed E-state index contributed by atoms with van der Waals surface area (Å²) in [4.78, 5) is 0. The van der Waals surface area contributed by atoms with Crippen LogP contribution in [0, 0.1) is 0 Å². The van der Waals surface area contributed by atoms with Crippen molar-refractivity contribution in [1.82, 2.24) is 0 Å². The van der Waals surface area contributed by atoms with Gasteiger partial charge < -0.3 is 26.8 Å². The minimum Gasteiger partial charge on any atom is -1.00 e. The summed E-state index contributed by atoms with van der Waals surface area (Å²) in [7, 11) is 1.59. The minimum atomic E-state index is 0. The zero-order valence-electron chi connectivity index (χ0n) is 13.0. The second-order valence-corrected chi connectivity index (χ2v) is 5.97. The van der Waals surface area contributed by atoms with Gasteiger partial charge in [-0.25, -0.2) is 0 Å². The van der Waals surface area contributed by atoms with Crippen molar-refractivity contribution >= 4 is 33.7 Å². The van der Waals surface area contributed by atoms with Crippen molar-refractivity contribution in [1.29, 1.82) is 0 Å². The van der Waals surface area contributed by atoms with E-state index in [1.807, 2.05) is 18.2 Å². The van der Waals surface area contributed by atoms with Crippen LogP contribution in [-0.4, -0.2) is 12.2 Å². The molecule has 3 aromatic rings. The lowest BCUT2D eigenvalue weighted by molar-refractivity contribution is -0.665. The van der Waals surface area contributed by atoms with Crippen LogP contribution in [0.25, 0.3) is 22.4 Å². The average molecular weight is 392 g/mol. The van der Waals surface area contributed by atoms with Gasteiger partial charge in [-0.15, -0.1) is 0 Å². The highest BCUT2D eigenvalue weighted by atomic mass is 79.9. The van der Waals surface area contributed by atoms with Gasteiger partial charge in [0.15, 0.2) is 0 Å². The number of phenolic OH excluding ortho intramolecular Hbond substituents is 1. The van der Waals surface area contributed by atoms with Gasteiger partial charge in [0.1, 0.15) is 22.7 Å². The lowest BCUT2D eigenvalue weighted by atomic mass is 10.2. The first-order valence-corrected chi connectivity index (χ1v) is 8.01. The van der Waals surface area contributed by atoms with E-state index in [0.29, 0.717) is 5.75 Å². The maximum absolute atomic E-state index is 10.0. The first-order valence-electron chi connectivity index (χ1n) is 7.19. The third kappa shape index (κ3) is 3.57. The number of aromatic nitrogens is 1. The molecule has 3 rings (SSSR count). The molecule has 0 bridgehead atoms. The largest absolute Gasteiger partial charge is 1.00 e. The van der Waals surface area contributed by atoms with Gasteiger partial charge in [0.05, 0.1) is 7.11 Å². The topological polar surface area (TPSA) is 33.3 Å². The number of thiazole rings is 1. The summed E-state index contributed by atoms with van der Waals surface area (Å²) in [6.07, 6.45) is 3.99. The van der Waals surface area contributed by atoms with Crippen molar-refractivity contribution in [3.05, 3.63) is 53.0 Å². The Morgan fingerprint density at radius 2 is 1.96 bits per heavy atom. The average Bonchev–Trinajstić information content (AvgIpc) is 2.91. The maximum atomic E-state index is 10.0. The molecule has 0 spiro atoms. The molecule has 0 aliphatic rings. The summed E-state index contributed by atoms with van der Waals surface area (Å²) in [5.41, 5.74) is 2.02. The van der Waals surface area contributed by atoms with E-state index in [1.165, 1.54) is 15.2 Å². The quantitative estimate of drug-likeness (QED) is 0.675. The summed E-state index contributed by atoms with van der Waals surface area (Å²) >= 11 is 1.75. The molecule has 3 nitrogen and oxygen atoms in total. The fourth-order valence-corrected chi connectivity index (χ4v) is 3.58. The van der Waals surface area contributed by atoms with Crippen molar-refractivity contribution < 1.29 is 31.4 Å². The summed E-state index contributed by atoms with van der Waals surface area (Å²) in [5, 5.41) is 11.2. The van der Waals surface area contributed by atoms with Crippen LogP contribution in [0.15, 0.2) is 42.5 Å². The number of hydrogen-bond acceptors (Lipinski definition) is 3. The molecular formula is C18H18BrNO2S. The molecule has 0 saturated carbocycles. The number of methoxy groups -OCH3 is 1. The monoisotopic (exact) mass is 391 g/mol. The third-order valence-electron chi connectivity index (χ3n) is 3.60. The molecule has 1 N–H and O–H groups in total. The highest BCUT2D eigenvalue weighted by Crippen LogP contribution is 2.26. The number of phenols is 1. The fourth-order valence-electron chi connectivity index (χ4n) is 2.46. The van der Waals surface area contributed by atoms with Gasteiger partial charge in [0.25, 0.3) is 5.01 Å². The van der Waals surface area contributed by atoms with Crippen LogP contribution in [-0.2, 0) is 6.54 Å². The Hall–Kier alpha value is -1.85. The number of nitrogens with zero attached hydrogens (tertiary/aromatic N) is 1. The van der Waals surface area contributed by atoms with Gasteiger partial charge in [0.2, 0.25) is 5.52 Å². The number of halogens is 1. The molecule has 1 aromatic heterocycles. The predicted octanol–water partition coefficient (Wildman–Crippen LogP) is 1.10. The Balaban J connectivity index is 0.00000192. The molecular weight excluding hydrogens is 374 g/mol. The molecule has 0 amide bonds. The molecule has 0 atom stereocenters. The number of rotatable bonds is 4. The predicted molar refractivity (Wildman–Crippen MR) is 91.3 cm³/mol. The van der Waals surface area contributed by atoms with Crippen molar-refractivity contribution in [3.8, 4) is 11.5 Å². The Kier molecular flexibility index (Phi) is 5.80. The van der Waals surface area contributed by atoms with Crippen molar-refractivity contribution in [3.63, 3.8) is 0 Å². The number of ether oxygens (including phenoxy) is 1. The molecule has 0 radical (unpaired) electrons. The molecule has 0 unspecified atom stereocenters. The summed E-state index contributed by atoms with van der Waals surface area (Å²) in [5.74, 6) is 0.875. The van der Waals surface area contributed by atoms with E-state index in [2.05, 4.69) is 41.8 Å². The van der Waals surface area contributed by atoms with Crippen molar-refractivity contribution in [2.75, 3.05) is 7.11 Å². The number of benzene rings is 2. The van der Waals surface area contributed by atoms with Crippen molar-refractivity contribution in [2.45, 2.75) is 13.5 Å². The third-order valence-corrected chi connectivity index (χ3v) is 4.73. The van der Waals surface area contributed by atoms with Gasteiger partial charge in [0, 0.05) is 23.8 Å². The number of aryl methyl sites for hydroxylation is 1. The zero-order chi connectivity index (χ0) is 15.5. The van der Waals surface area contributed by atoms with Crippen LogP contribution in [0.5, 0.6) is 11.5 Å². The van der Waals surface area contributed by atoms with E-state index in [9.17, 15) is 5.11 Å². The normalized spacial score (nSPS) is 10.9. The van der Waals surface area contributed by atoms with Gasteiger partial charge in [-0.05, 0) is 31.2 Å². The number of hydrogen-bond donors (Lipinski definition) is 1. The first-order chi connectivity index (χ1) is 10.7. The highest BCUT2D eigenvalue weighted by molar-refractivity contribution is 7.18. The Morgan fingerprint density at radius 1 is 1.17 bits per heavy atom. The minimum absolute atomic E-state index is 0. The molecule has 1 heterocycles. The van der Waals surface area contributed by atoms with Crippen molar-refractivity contribution in [2.24, 2.45) is 0 Å². The van der Waals surface area contributed by atoms with Gasteiger partial charge in [-0.1, -0.05) is 23.5 Å². The van der Waals surface area contributed by atoms with E-state index >= 15 is 0 Å². The van der Waals surface area contributed by atoms with Crippen LogP contribution < -0.4 is 26.3 Å². The smallest absolute Gasteiger partial charge is 0.262 e. The van der Waals surface area contributed by atoms with Crippen LogP contribution >= 0.6 is 11.3 Å². The van der Waals surface area contributed by atoms with E-state index < -0.39 is 0 Å². The second-order valence-electron chi connectivity index (χ2n) is 4.91.